The van der Waals surface area contributed by atoms with E-state index in [0.717, 1.165) is 5.39 Å². The van der Waals surface area contributed by atoms with Gasteiger partial charge in [0.2, 0.25) is 5.88 Å². The number of benzene rings is 2. The third-order valence-corrected chi connectivity index (χ3v) is 3.06. The van der Waals surface area contributed by atoms with E-state index in [1.165, 1.54) is 21.7 Å². The molecule has 0 radical (unpaired) electrons. The van der Waals surface area contributed by atoms with Gasteiger partial charge in [0.05, 0.1) is 7.11 Å². The maximum atomic E-state index is 5.19. The van der Waals surface area contributed by atoms with Gasteiger partial charge in [-0.05, 0) is 23.1 Å². The predicted molar refractivity (Wildman–Crippen MR) is 70.5 cm³/mol. The van der Waals surface area contributed by atoms with Crippen molar-refractivity contribution in [1.82, 2.24) is 4.98 Å². The van der Waals surface area contributed by atoms with Crippen molar-refractivity contribution in [3.8, 4) is 5.88 Å². The Balaban J connectivity index is 2.47. The number of pyridine rings is 1. The van der Waals surface area contributed by atoms with Crippen molar-refractivity contribution >= 4 is 21.5 Å². The summed E-state index contributed by atoms with van der Waals surface area (Å²) in [6.45, 7) is 2.11. The molecule has 2 nitrogen and oxygen atoms in total. The first-order valence-electron chi connectivity index (χ1n) is 5.61. The zero-order valence-electron chi connectivity index (χ0n) is 9.90. The minimum Gasteiger partial charge on any atom is -0.481 e. The predicted octanol–water partition coefficient (Wildman–Crippen LogP) is 3.71. The summed E-state index contributed by atoms with van der Waals surface area (Å²) in [6.07, 6.45) is 1.86. The maximum Gasteiger partial charge on any atom is 0.213 e. The van der Waals surface area contributed by atoms with Gasteiger partial charge in [-0.25, -0.2) is 4.98 Å². The van der Waals surface area contributed by atoms with Gasteiger partial charge < -0.3 is 4.74 Å². The monoisotopic (exact) mass is 223 g/mol. The minimum absolute atomic E-state index is 0.659. The van der Waals surface area contributed by atoms with Crippen molar-refractivity contribution in [1.29, 1.82) is 0 Å². The Morgan fingerprint density at radius 3 is 2.47 bits per heavy atom. The molecule has 2 heteroatoms. The smallest absolute Gasteiger partial charge is 0.213 e. The van der Waals surface area contributed by atoms with Crippen LogP contribution in [0.25, 0.3) is 21.5 Å². The Labute approximate surface area is 99.9 Å². The van der Waals surface area contributed by atoms with Crippen LogP contribution in [0.4, 0.5) is 0 Å². The summed E-state index contributed by atoms with van der Waals surface area (Å²) >= 11 is 0. The molecule has 0 saturated carbocycles. The summed E-state index contributed by atoms with van der Waals surface area (Å²) in [5.41, 5.74) is 1.26. The number of hydrogen-bond donors (Lipinski definition) is 0. The van der Waals surface area contributed by atoms with Crippen molar-refractivity contribution in [3.05, 3.63) is 48.2 Å². The zero-order chi connectivity index (χ0) is 11.8. The normalized spacial score (nSPS) is 10.9. The quantitative estimate of drug-likeness (QED) is 0.587. The highest BCUT2D eigenvalue weighted by molar-refractivity contribution is 6.07. The average Bonchev–Trinajstić information content (AvgIpc) is 2.38. The molecule has 0 aliphatic heterocycles. The summed E-state index contributed by atoms with van der Waals surface area (Å²) in [5, 5.41) is 4.83. The molecule has 0 fully saturated rings. The van der Waals surface area contributed by atoms with Gasteiger partial charge in [0, 0.05) is 17.6 Å². The number of aryl methyl sites for hydroxylation is 1. The molecule has 0 unspecified atom stereocenters. The molecule has 0 aliphatic rings. The lowest BCUT2D eigenvalue weighted by Crippen LogP contribution is -1.87. The Kier molecular flexibility index (Phi) is 2.22. The summed E-state index contributed by atoms with van der Waals surface area (Å²) in [6, 6.07) is 12.7. The van der Waals surface area contributed by atoms with Crippen LogP contribution in [0.15, 0.2) is 42.6 Å². The minimum atomic E-state index is 0.659. The summed E-state index contributed by atoms with van der Waals surface area (Å²) in [4.78, 5) is 4.23. The van der Waals surface area contributed by atoms with Gasteiger partial charge in [0.15, 0.2) is 0 Å². The SMILES string of the molecule is COc1cc2c(ccc3ccc(C)cc32)cn1. The Hall–Kier alpha value is -2.09. The van der Waals surface area contributed by atoms with Crippen LogP contribution in [0.3, 0.4) is 0 Å². The molecule has 0 saturated heterocycles. The van der Waals surface area contributed by atoms with E-state index in [9.17, 15) is 0 Å². The van der Waals surface area contributed by atoms with Gasteiger partial charge in [-0.15, -0.1) is 0 Å². The van der Waals surface area contributed by atoms with Crippen molar-refractivity contribution in [3.63, 3.8) is 0 Å². The molecular formula is C15H13NO. The number of hydrogen-bond acceptors (Lipinski definition) is 2. The standard InChI is InChI=1S/C15H13NO/c1-10-3-4-11-5-6-12-9-16-15(17-2)8-14(12)13(11)7-10/h3-9H,1-2H3. The van der Waals surface area contributed by atoms with Gasteiger partial charge in [-0.1, -0.05) is 35.9 Å². The molecule has 17 heavy (non-hydrogen) atoms. The van der Waals surface area contributed by atoms with Crippen LogP contribution in [-0.2, 0) is 0 Å². The highest BCUT2D eigenvalue weighted by atomic mass is 16.5. The van der Waals surface area contributed by atoms with Crippen LogP contribution >= 0.6 is 0 Å². The van der Waals surface area contributed by atoms with Crippen LogP contribution in [0.2, 0.25) is 0 Å². The number of nitrogens with zero attached hydrogens (tertiary/aromatic N) is 1. The first-order chi connectivity index (χ1) is 8.28. The summed E-state index contributed by atoms with van der Waals surface area (Å²) in [5.74, 6) is 0.659. The fraction of sp³-hybridized carbons (Fsp3) is 0.133. The molecule has 1 aromatic heterocycles. The van der Waals surface area contributed by atoms with E-state index >= 15 is 0 Å². The summed E-state index contributed by atoms with van der Waals surface area (Å²) in [7, 11) is 1.64. The fourth-order valence-electron chi connectivity index (χ4n) is 2.15. The van der Waals surface area contributed by atoms with E-state index in [-0.39, 0.29) is 0 Å². The van der Waals surface area contributed by atoms with Crippen LogP contribution in [-0.4, -0.2) is 12.1 Å². The first-order valence-corrected chi connectivity index (χ1v) is 5.61. The lowest BCUT2D eigenvalue weighted by Gasteiger charge is -2.06. The molecule has 0 bridgehead atoms. The molecular weight excluding hydrogens is 210 g/mol. The Morgan fingerprint density at radius 1 is 0.941 bits per heavy atom. The molecule has 2 aromatic carbocycles. The number of methoxy groups -OCH3 is 1. The second-order valence-corrected chi connectivity index (χ2v) is 4.24. The molecule has 0 aliphatic carbocycles. The van der Waals surface area contributed by atoms with Crippen LogP contribution in [0.1, 0.15) is 5.56 Å². The lowest BCUT2D eigenvalue weighted by atomic mass is 10.0. The highest BCUT2D eigenvalue weighted by Crippen LogP contribution is 2.27. The molecule has 0 amide bonds. The van der Waals surface area contributed by atoms with Crippen LogP contribution in [0.5, 0.6) is 5.88 Å². The maximum absolute atomic E-state index is 5.19. The average molecular weight is 223 g/mol. The number of fused-ring (bicyclic) bond motifs is 3. The molecule has 0 N–H and O–H groups in total. The van der Waals surface area contributed by atoms with Crippen molar-refractivity contribution in [2.45, 2.75) is 6.92 Å². The largest absolute Gasteiger partial charge is 0.481 e. The molecule has 3 rings (SSSR count). The second kappa shape index (κ2) is 3.74. The van der Waals surface area contributed by atoms with Gasteiger partial charge in [-0.2, -0.15) is 0 Å². The van der Waals surface area contributed by atoms with E-state index in [0.29, 0.717) is 5.88 Å². The van der Waals surface area contributed by atoms with Crippen molar-refractivity contribution < 1.29 is 4.74 Å². The number of ether oxygens (including phenoxy) is 1. The molecule has 84 valence electrons. The first kappa shape index (κ1) is 10.1. The van der Waals surface area contributed by atoms with E-state index in [1.54, 1.807) is 7.11 Å². The van der Waals surface area contributed by atoms with Crippen molar-refractivity contribution in [2.24, 2.45) is 0 Å². The zero-order valence-corrected chi connectivity index (χ0v) is 9.90. The lowest BCUT2D eigenvalue weighted by molar-refractivity contribution is 0.399. The van der Waals surface area contributed by atoms with E-state index in [1.807, 2.05) is 12.3 Å². The second-order valence-electron chi connectivity index (χ2n) is 4.24. The van der Waals surface area contributed by atoms with Gasteiger partial charge in [-0.3, -0.25) is 0 Å². The Bertz CT molecular complexity index is 704. The highest BCUT2D eigenvalue weighted by Gasteiger charge is 2.03. The van der Waals surface area contributed by atoms with Crippen LogP contribution in [0, 0.1) is 6.92 Å². The third kappa shape index (κ3) is 1.62. The summed E-state index contributed by atoms with van der Waals surface area (Å²) < 4.78 is 5.19. The fourth-order valence-corrected chi connectivity index (χ4v) is 2.15. The van der Waals surface area contributed by atoms with E-state index < -0.39 is 0 Å². The van der Waals surface area contributed by atoms with E-state index in [4.69, 9.17) is 4.74 Å². The van der Waals surface area contributed by atoms with Gasteiger partial charge >= 0.3 is 0 Å². The molecule has 0 spiro atoms. The van der Waals surface area contributed by atoms with Gasteiger partial charge in [0.25, 0.3) is 0 Å². The number of rotatable bonds is 1. The van der Waals surface area contributed by atoms with Crippen molar-refractivity contribution in [2.75, 3.05) is 7.11 Å². The van der Waals surface area contributed by atoms with Crippen LogP contribution < -0.4 is 4.74 Å². The number of aromatic nitrogens is 1. The molecule has 0 atom stereocenters. The molecule has 3 aromatic rings. The third-order valence-electron chi connectivity index (χ3n) is 3.06. The topological polar surface area (TPSA) is 22.1 Å². The van der Waals surface area contributed by atoms with E-state index in [2.05, 4.69) is 42.2 Å². The Morgan fingerprint density at radius 2 is 1.65 bits per heavy atom. The molecule has 1 heterocycles. The van der Waals surface area contributed by atoms with Gasteiger partial charge in [0.1, 0.15) is 0 Å².